The van der Waals surface area contributed by atoms with E-state index in [1.54, 1.807) is 22.5 Å². The first-order valence-electron chi connectivity index (χ1n) is 6.57. The fraction of sp³-hybridized carbons (Fsp3) is 0.462. The number of nitrogens with zero attached hydrogens (tertiary/aromatic N) is 4. The Bertz CT molecular complexity index is 651. The van der Waals surface area contributed by atoms with Crippen LogP contribution in [0.2, 0.25) is 5.02 Å². The van der Waals surface area contributed by atoms with Crippen molar-refractivity contribution in [3.8, 4) is 0 Å². The fourth-order valence-corrected chi connectivity index (χ4v) is 2.49. The molecule has 2 rings (SSSR count). The molecule has 0 aromatic carbocycles. The topological polar surface area (TPSA) is 64.7 Å². The summed E-state index contributed by atoms with van der Waals surface area (Å²) in [5.74, 6) is -0.0940. The normalized spacial score (nSPS) is 12.4. The molecule has 6 nitrogen and oxygen atoms in total. The highest BCUT2D eigenvalue weighted by molar-refractivity contribution is 9.10. The second-order valence-corrected chi connectivity index (χ2v) is 6.11. The van der Waals surface area contributed by atoms with Crippen LogP contribution in [0.15, 0.2) is 16.9 Å². The Hall–Kier alpha value is -1.34. The third-order valence-corrected chi connectivity index (χ3v) is 4.18. The Labute approximate surface area is 136 Å². The van der Waals surface area contributed by atoms with E-state index in [0.717, 1.165) is 15.9 Å². The molecule has 8 heteroatoms. The van der Waals surface area contributed by atoms with Crippen molar-refractivity contribution < 1.29 is 4.79 Å². The molecule has 21 heavy (non-hydrogen) atoms. The van der Waals surface area contributed by atoms with Gasteiger partial charge in [-0.1, -0.05) is 11.6 Å². The highest BCUT2D eigenvalue weighted by Crippen LogP contribution is 2.22. The van der Waals surface area contributed by atoms with Crippen LogP contribution in [0.4, 0.5) is 0 Å². The summed E-state index contributed by atoms with van der Waals surface area (Å²) in [6.45, 7) is 6.60. The number of carbonyl (C=O) groups excluding carboxylic acids is 1. The van der Waals surface area contributed by atoms with E-state index in [1.807, 2.05) is 20.0 Å². The summed E-state index contributed by atoms with van der Waals surface area (Å²) in [4.78, 5) is 12.2. The smallest absolute Gasteiger partial charge is 0.244 e. The van der Waals surface area contributed by atoms with E-state index in [9.17, 15) is 4.79 Å². The van der Waals surface area contributed by atoms with Crippen molar-refractivity contribution in [3.63, 3.8) is 0 Å². The van der Waals surface area contributed by atoms with Crippen LogP contribution in [0.3, 0.4) is 0 Å². The number of aromatic nitrogens is 4. The molecular weight excluding hydrogens is 358 g/mol. The molecule has 0 saturated heterocycles. The lowest BCUT2D eigenvalue weighted by atomic mass is 10.3. The third-order valence-electron chi connectivity index (χ3n) is 3.22. The second-order valence-electron chi connectivity index (χ2n) is 4.82. The first kappa shape index (κ1) is 16.0. The molecule has 2 aromatic heterocycles. The molecule has 0 spiro atoms. The Morgan fingerprint density at radius 2 is 2.24 bits per heavy atom. The Balaban J connectivity index is 1.92. The molecule has 1 unspecified atom stereocenters. The van der Waals surface area contributed by atoms with Gasteiger partial charge in [0.1, 0.15) is 6.04 Å². The lowest BCUT2D eigenvalue weighted by Crippen LogP contribution is -2.34. The van der Waals surface area contributed by atoms with Crippen molar-refractivity contribution in [1.82, 2.24) is 24.9 Å². The number of aryl methyl sites for hydroxylation is 1. The minimum atomic E-state index is -0.402. The monoisotopic (exact) mass is 373 g/mol. The van der Waals surface area contributed by atoms with E-state index >= 15 is 0 Å². The summed E-state index contributed by atoms with van der Waals surface area (Å²) in [7, 11) is 0. The molecule has 0 aliphatic rings. The van der Waals surface area contributed by atoms with Crippen LogP contribution >= 0.6 is 27.5 Å². The molecule has 0 saturated carbocycles. The van der Waals surface area contributed by atoms with Gasteiger partial charge in [0.2, 0.25) is 5.91 Å². The van der Waals surface area contributed by atoms with E-state index in [4.69, 9.17) is 11.6 Å². The lowest BCUT2D eigenvalue weighted by molar-refractivity contribution is -0.124. The Kier molecular flexibility index (Phi) is 5.05. The maximum atomic E-state index is 12.2. The molecule has 0 aliphatic carbocycles. The molecule has 0 aliphatic heterocycles. The van der Waals surface area contributed by atoms with Crippen molar-refractivity contribution in [1.29, 1.82) is 0 Å². The van der Waals surface area contributed by atoms with Crippen molar-refractivity contribution >= 4 is 33.4 Å². The van der Waals surface area contributed by atoms with Crippen LogP contribution in [0.1, 0.15) is 24.4 Å². The van der Waals surface area contributed by atoms with Gasteiger partial charge in [0, 0.05) is 12.7 Å². The fourth-order valence-electron chi connectivity index (χ4n) is 2.03. The molecule has 0 fully saturated rings. The quantitative estimate of drug-likeness (QED) is 0.874. The van der Waals surface area contributed by atoms with Crippen LogP contribution in [-0.4, -0.2) is 32.0 Å². The molecular formula is C13H17BrClN5O. The molecule has 1 N–H and O–H groups in total. The van der Waals surface area contributed by atoms with Crippen LogP contribution in [0, 0.1) is 13.8 Å². The lowest BCUT2D eigenvalue weighted by Gasteiger charge is -2.14. The Morgan fingerprint density at radius 1 is 1.52 bits per heavy atom. The zero-order valence-corrected chi connectivity index (χ0v) is 14.4. The molecule has 2 aromatic rings. The predicted molar refractivity (Wildman–Crippen MR) is 84.4 cm³/mol. The molecule has 1 atom stereocenters. The Morgan fingerprint density at radius 3 is 2.76 bits per heavy atom. The van der Waals surface area contributed by atoms with E-state index in [-0.39, 0.29) is 5.91 Å². The number of halogens is 2. The standard InChI is InChI=1S/C13H17BrClN5O/c1-8-12(15)9(2)20(18-8)10(3)13(21)16-4-5-19-7-11(14)6-17-19/h6-7,10H,4-5H2,1-3H3,(H,16,21). The zero-order chi connectivity index (χ0) is 15.6. The first-order valence-corrected chi connectivity index (χ1v) is 7.74. The summed E-state index contributed by atoms with van der Waals surface area (Å²) in [6, 6.07) is -0.402. The summed E-state index contributed by atoms with van der Waals surface area (Å²) < 4.78 is 4.33. The maximum absolute atomic E-state index is 12.2. The van der Waals surface area contributed by atoms with Gasteiger partial charge in [-0.05, 0) is 36.7 Å². The third kappa shape index (κ3) is 3.65. The summed E-state index contributed by atoms with van der Waals surface area (Å²) >= 11 is 9.43. The van der Waals surface area contributed by atoms with Gasteiger partial charge in [-0.3, -0.25) is 14.2 Å². The number of hydrogen-bond donors (Lipinski definition) is 1. The second kappa shape index (κ2) is 6.62. The van der Waals surface area contributed by atoms with Crippen LogP contribution < -0.4 is 5.32 Å². The zero-order valence-electron chi connectivity index (χ0n) is 12.1. The van der Waals surface area contributed by atoms with Crippen LogP contribution in [-0.2, 0) is 11.3 Å². The van der Waals surface area contributed by atoms with E-state index in [0.29, 0.717) is 18.1 Å². The maximum Gasteiger partial charge on any atom is 0.244 e. The number of hydrogen-bond acceptors (Lipinski definition) is 3. The molecule has 114 valence electrons. The molecule has 0 bridgehead atoms. The van der Waals surface area contributed by atoms with Gasteiger partial charge in [0.25, 0.3) is 0 Å². The van der Waals surface area contributed by atoms with Crippen LogP contribution in [0.25, 0.3) is 0 Å². The van der Waals surface area contributed by atoms with E-state index in [1.165, 1.54) is 0 Å². The number of rotatable bonds is 5. The average Bonchev–Trinajstić information content (AvgIpc) is 2.97. The summed E-state index contributed by atoms with van der Waals surface area (Å²) in [5, 5.41) is 11.9. The highest BCUT2D eigenvalue weighted by atomic mass is 79.9. The van der Waals surface area contributed by atoms with Gasteiger partial charge < -0.3 is 5.32 Å². The van der Waals surface area contributed by atoms with Gasteiger partial charge in [-0.25, -0.2) is 0 Å². The van der Waals surface area contributed by atoms with E-state index < -0.39 is 6.04 Å². The first-order chi connectivity index (χ1) is 9.90. The van der Waals surface area contributed by atoms with Crippen molar-refractivity contribution in [2.75, 3.05) is 6.54 Å². The molecule has 1 amide bonds. The van der Waals surface area contributed by atoms with Gasteiger partial charge in [0.05, 0.1) is 33.6 Å². The number of carbonyl (C=O) groups is 1. The SMILES string of the molecule is Cc1nn(C(C)C(=O)NCCn2cc(Br)cn2)c(C)c1Cl. The summed E-state index contributed by atoms with van der Waals surface area (Å²) in [5.41, 5.74) is 1.53. The number of amides is 1. The van der Waals surface area contributed by atoms with Gasteiger partial charge in [-0.15, -0.1) is 0 Å². The minimum Gasteiger partial charge on any atom is -0.352 e. The number of nitrogens with one attached hydrogen (secondary N) is 1. The highest BCUT2D eigenvalue weighted by Gasteiger charge is 2.20. The molecule has 2 heterocycles. The largest absolute Gasteiger partial charge is 0.352 e. The van der Waals surface area contributed by atoms with E-state index in [2.05, 4.69) is 31.4 Å². The van der Waals surface area contributed by atoms with Gasteiger partial charge in [-0.2, -0.15) is 10.2 Å². The van der Waals surface area contributed by atoms with Crippen LogP contribution in [0.5, 0.6) is 0 Å². The minimum absolute atomic E-state index is 0.0940. The summed E-state index contributed by atoms with van der Waals surface area (Å²) in [6.07, 6.45) is 3.57. The molecule has 0 radical (unpaired) electrons. The van der Waals surface area contributed by atoms with Crippen molar-refractivity contribution in [2.45, 2.75) is 33.4 Å². The van der Waals surface area contributed by atoms with Crippen molar-refractivity contribution in [2.24, 2.45) is 0 Å². The predicted octanol–water partition coefficient (Wildman–Crippen LogP) is 2.49. The average molecular weight is 375 g/mol. The van der Waals surface area contributed by atoms with Crippen molar-refractivity contribution in [3.05, 3.63) is 33.3 Å². The van der Waals surface area contributed by atoms with Gasteiger partial charge >= 0.3 is 0 Å². The van der Waals surface area contributed by atoms with Gasteiger partial charge in [0.15, 0.2) is 0 Å².